The molecule has 1 heterocycles. The summed E-state index contributed by atoms with van der Waals surface area (Å²) in [5, 5.41) is 8.39. The van der Waals surface area contributed by atoms with E-state index in [0.29, 0.717) is 26.1 Å². The van der Waals surface area contributed by atoms with E-state index in [0.717, 1.165) is 0 Å². The molecule has 0 radical (unpaired) electrons. The van der Waals surface area contributed by atoms with Gasteiger partial charge in [-0.15, -0.1) is 0 Å². The average Bonchev–Trinajstić information content (AvgIpc) is 2.55. The van der Waals surface area contributed by atoms with Crippen LogP contribution in [0.2, 0.25) is 0 Å². The van der Waals surface area contributed by atoms with Gasteiger partial charge in [0.05, 0.1) is 19.3 Å². The van der Waals surface area contributed by atoms with Crippen LogP contribution in [0, 0.1) is 0 Å². The Hall–Kier alpha value is -0.650. The maximum Gasteiger partial charge on any atom is 0.303 e. The van der Waals surface area contributed by atoms with E-state index in [2.05, 4.69) is 0 Å². The molecule has 0 amide bonds. The highest BCUT2D eigenvalue weighted by Crippen LogP contribution is 2.11. The maximum absolute atomic E-state index is 10.2. The van der Waals surface area contributed by atoms with Gasteiger partial charge in [-0.05, 0) is 12.8 Å². The molecule has 1 aliphatic rings. The van der Waals surface area contributed by atoms with E-state index in [1.54, 1.807) is 0 Å². The lowest BCUT2D eigenvalue weighted by Crippen LogP contribution is -2.35. The minimum absolute atomic E-state index is 0.153. The number of carboxylic acid groups (broad SMARTS) is 1. The standard InChI is InChI=1S/C8H15NO4/c9-6(2-1-3-7(10)11)8-12-4-5-13-8/h6,8H,1-5,9H2,(H,10,11). The second kappa shape index (κ2) is 5.16. The highest BCUT2D eigenvalue weighted by molar-refractivity contribution is 5.66. The smallest absolute Gasteiger partial charge is 0.303 e. The summed E-state index contributed by atoms with van der Waals surface area (Å²) in [6.07, 6.45) is 1.01. The van der Waals surface area contributed by atoms with Crippen LogP contribution < -0.4 is 5.73 Å². The Balaban J connectivity index is 2.09. The van der Waals surface area contributed by atoms with Crippen molar-refractivity contribution in [3.05, 3.63) is 0 Å². The number of hydrogen-bond donors (Lipinski definition) is 2. The Morgan fingerprint density at radius 1 is 1.54 bits per heavy atom. The fourth-order valence-corrected chi connectivity index (χ4v) is 1.25. The molecule has 0 aromatic carbocycles. The van der Waals surface area contributed by atoms with E-state index in [1.165, 1.54) is 0 Å². The number of nitrogens with two attached hydrogens (primary N) is 1. The van der Waals surface area contributed by atoms with Crippen molar-refractivity contribution in [2.45, 2.75) is 31.6 Å². The van der Waals surface area contributed by atoms with Crippen LogP contribution >= 0.6 is 0 Å². The summed E-state index contributed by atoms with van der Waals surface area (Å²) in [7, 11) is 0. The first-order chi connectivity index (χ1) is 6.20. The molecule has 0 aromatic rings. The molecule has 1 aliphatic heterocycles. The summed E-state index contributed by atoms with van der Waals surface area (Å²) in [6, 6.07) is -0.207. The SMILES string of the molecule is NC(CCCC(=O)O)C1OCCO1. The molecule has 5 nitrogen and oxygen atoms in total. The second-order valence-corrected chi connectivity index (χ2v) is 3.06. The van der Waals surface area contributed by atoms with Gasteiger partial charge in [0.25, 0.3) is 0 Å². The van der Waals surface area contributed by atoms with E-state index in [4.69, 9.17) is 20.3 Å². The van der Waals surface area contributed by atoms with Crippen molar-refractivity contribution < 1.29 is 19.4 Å². The first kappa shape index (κ1) is 10.4. The van der Waals surface area contributed by atoms with Crippen molar-refractivity contribution in [3.63, 3.8) is 0 Å². The first-order valence-corrected chi connectivity index (χ1v) is 4.40. The van der Waals surface area contributed by atoms with Gasteiger partial charge in [0, 0.05) is 6.42 Å². The lowest BCUT2D eigenvalue weighted by molar-refractivity contribution is -0.137. The van der Waals surface area contributed by atoms with Gasteiger partial charge in [0.2, 0.25) is 0 Å². The zero-order chi connectivity index (χ0) is 9.68. The fraction of sp³-hybridized carbons (Fsp3) is 0.875. The second-order valence-electron chi connectivity index (χ2n) is 3.06. The Bertz CT molecular complexity index is 168. The number of rotatable bonds is 5. The van der Waals surface area contributed by atoms with Crippen LogP contribution in [0.4, 0.5) is 0 Å². The van der Waals surface area contributed by atoms with Gasteiger partial charge in [-0.25, -0.2) is 0 Å². The van der Waals surface area contributed by atoms with Crippen LogP contribution in [0.1, 0.15) is 19.3 Å². The Morgan fingerprint density at radius 2 is 2.15 bits per heavy atom. The lowest BCUT2D eigenvalue weighted by atomic mass is 10.1. The van der Waals surface area contributed by atoms with E-state index in [1.807, 2.05) is 0 Å². The van der Waals surface area contributed by atoms with Crippen molar-refractivity contribution in [2.75, 3.05) is 13.2 Å². The van der Waals surface area contributed by atoms with Crippen molar-refractivity contribution in [3.8, 4) is 0 Å². The Morgan fingerprint density at radius 3 is 2.69 bits per heavy atom. The number of carboxylic acids is 1. The van der Waals surface area contributed by atoms with Crippen LogP contribution in [-0.2, 0) is 14.3 Å². The molecule has 5 heteroatoms. The van der Waals surface area contributed by atoms with Gasteiger partial charge in [-0.3, -0.25) is 4.79 Å². The maximum atomic E-state index is 10.2. The fourth-order valence-electron chi connectivity index (χ4n) is 1.25. The molecule has 0 aliphatic carbocycles. The van der Waals surface area contributed by atoms with Gasteiger partial charge in [-0.2, -0.15) is 0 Å². The third-order valence-corrected chi connectivity index (χ3v) is 1.93. The Labute approximate surface area is 76.8 Å². The topological polar surface area (TPSA) is 81.8 Å². The highest BCUT2D eigenvalue weighted by Gasteiger charge is 2.23. The van der Waals surface area contributed by atoms with E-state index in [9.17, 15) is 4.79 Å². The van der Waals surface area contributed by atoms with Crippen molar-refractivity contribution in [1.82, 2.24) is 0 Å². The number of carbonyl (C=O) groups is 1. The minimum atomic E-state index is -0.791. The van der Waals surface area contributed by atoms with E-state index >= 15 is 0 Å². The van der Waals surface area contributed by atoms with Crippen LogP contribution in [0.25, 0.3) is 0 Å². The molecular formula is C8H15NO4. The largest absolute Gasteiger partial charge is 0.481 e. The van der Waals surface area contributed by atoms with Gasteiger partial charge in [0.15, 0.2) is 6.29 Å². The van der Waals surface area contributed by atoms with E-state index in [-0.39, 0.29) is 18.8 Å². The molecule has 0 spiro atoms. The molecule has 0 aromatic heterocycles. The molecule has 1 atom stereocenters. The van der Waals surface area contributed by atoms with Gasteiger partial charge in [-0.1, -0.05) is 0 Å². The summed E-state index contributed by atoms with van der Waals surface area (Å²) in [6.45, 7) is 1.16. The van der Waals surface area contributed by atoms with Crippen LogP contribution in [-0.4, -0.2) is 36.6 Å². The molecular weight excluding hydrogens is 174 g/mol. The lowest BCUT2D eigenvalue weighted by Gasteiger charge is -2.16. The molecule has 1 unspecified atom stereocenters. The first-order valence-electron chi connectivity index (χ1n) is 4.40. The van der Waals surface area contributed by atoms with Crippen molar-refractivity contribution in [1.29, 1.82) is 0 Å². The molecule has 0 saturated carbocycles. The monoisotopic (exact) mass is 189 g/mol. The molecule has 76 valence electrons. The summed E-state index contributed by atoms with van der Waals surface area (Å²) >= 11 is 0. The highest BCUT2D eigenvalue weighted by atomic mass is 16.7. The number of ether oxygens (including phenoxy) is 2. The summed E-state index contributed by atoms with van der Waals surface area (Å²) in [5.74, 6) is -0.791. The van der Waals surface area contributed by atoms with Gasteiger partial charge in [0.1, 0.15) is 0 Å². The van der Waals surface area contributed by atoms with Crippen molar-refractivity contribution >= 4 is 5.97 Å². The zero-order valence-electron chi connectivity index (χ0n) is 7.44. The molecule has 13 heavy (non-hydrogen) atoms. The molecule has 1 rings (SSSR count). The average molecular weight is 189 g/mol. The molecule has 1 saturated heterocycles. The van der Waals surface area contributed by atoms with Crippen LogP contribution in [0.3, 0.4) is 0 Å². The van der Waals surface area contributed by atoms with E-state index < -0.39 is 5.97 Å². The summed E-state index contributed by atoms with van der Waals surface area (Å²) < 4.78 is 10.4. The molecule has 3 N–H and O–H groups in total. The summed E-state index contributed by atoms with van der Waals surface area (Å²) in [5.41, 5.74) is 5.72. The predicted molar refractivity (Wildman–Crippen MR) is 45.2 cm³/mol. The van der Waals surface area contributed by atoms with Crippen LogP contribution in [0.15, 0.2) is 0 Å². The predicted octanol–water partition coefficient (Wildman–Crippen LogP) is -0.0585. The van der Waals surface area contributed by atoms with Crippen molar-refractivity contribution in [2.24, 2.45) is 5.73 Å². The third kappa shape index (κ3) is 3.71. The third-order valence-electron chi connectivity index (χ3n) is 1.93. The van der Waals surface area contributed by atoms with Gasteiger partial charge >= 0.3 is 5.97 Å². The quantitative estimate of drug-likeness (QED) is 0.633. The summed E-state index contributed by atoms with van der Waals surface area (Å²) in [4.78, 5) is 10.2. The zero-order valence-corrected chi connectivity index (χ0v) is 7.44. The van der Waals surface area contributed by atoms with Crippen LogP contribution in [0.5, 0.6) is 0 Å². The normalized spacial score (nSPS) is 20.4. The minimum Gasteiger partial charge on any atom is -0.481 e. The molecule has 0 bridgehead atoms. The molecule has 1 fully saturated rings. The van der Waals surface area contributed by atoms with Gasteiger partial charge < -0.3 is 20.3 Å². The Kier molecular flexibility index (Phi) is 4.14. The number of aliphatic carboxylic acids is 1. The number of hydrogen-bond acceptors (Lipinski definition) is 4.